The van der Waals surface area contributed by atoms with Crippen LogP contribution in [0.5, 0.6) is 0 Å². The number of hydrogen-bond acceptors (Lipinski definition) is 2. The van der Waals surface area contributed by atoms with Gasteiger partial charge < -0.3 is 10.2 Å². The first-order valence-corrected chi connectivity index (χ1v) is 8.55. The van der Waals surface area contributed by atoms with Gasteiger partial charge in [0, 0.05) is 24.7 Å². The standard InChI is InChI=1S/C19H24N2O2/c22-18(21-12-4-5-13-21)14-15-8-10-17(11-9-15)20-19(23)16-6-2-1-3-7-16/h1-2,8-11,16H,3-7,12-14H2,(H,20,23)/t16-/m1/s1. The van der Waals surface area contributed by atoms with Crippen LogP contribution in [0.1, 0.15) is 37.7 Å². The monoisotopic (exact) mass is 312 g/mol. The van der Waals surface area contributed by atoms with Crippen molar-refractivity contribution in [1.82, 2.24) is 4.90 Å². The van der Waals surface area contributed by atoms with Crippen LogP contribution < -0.4 is 5.32 Å². The van der Waals surface area contributed by atoms with Gasteiger partial charge in [0.2, 0.25) is 11.8 Å². The number of nitrogens with zero attached hydrogens (tertiary/aromatic N) is 1. The number of hydrogen-bond donors (Lipinski definition) is 1. The summed E-state index contributed by atoms with van der Waals surface area (Å²) in [6.07, 6.45) is 9.63. The van der Waals surface area contributed by atoms with Gasteiger partial charge in [0.1, 0.15) is 0 Å². The van der Waals surface area contributed by atoms with Crippen LogP contribution in [-0.4, -0.2) is 29.8 Å². The van der Waals surface area contributed by atoms with Gasteiger partial charge in [0.15, 0.2) is 0 Å². The Kier molecular flexibility index (Phi) is 5.11. The molecule has 2 amide bonds. The van der Waals surface area contributed by atoms with Crippen LogP contribution in [0.25, 0.3) is 0 Å². The topological polar surface area (TPSA) is 49.4 Å². The van der Waals surface area contributed by atoms with E-state index < -0.39 is 0 Å². The van der Waals surface area contributed by atoms with Gasteiger partial charge in [0.25, 0.3) is 0 Å². The zero-order valence-electron chi connectivity index (χ0n) is 13.5. The summed E-state index contributed by atoms with van der Waals surface area (Å²) in [5.41, 5.74) is 1.81. The van der Waals surface area contributed by atoms with Crippen molar-refractivity contribution in [2.24, 2.45) is 5.92 Å². The van der Waals surface area contributed by atoms with Gasteiger partial charge >= 0.3 is 0 Å². The lowest BCUT2D eigenvalue weighted by Gasteiger charge is -2.17. The number of benzene rings is 1. The zero-order valence-corrected chi connectivity index (χ0v) is 13.5. The molecule has 4 heteroatoms. The molecule has 1 saturated heterocycles. The highest BCUT2D eigenvalue weighted by atomic mass is 16.2. The molecule has 23 heavy (non-hydrogen) atoms. The Morgan fingerprint density at radius 3 is 2.48 bits per heavy atom. The third-order valence-corrected chi connectivity index (χ3v) is 4.68. The molecule has 122 valence electrons. The van der Waals surface area contributed by atoms with Crippen molar-refractivity contribution in [1.29, 1.82) is 0 Å². The van der Waals surface area contributed by atoms with E-state index in [4.69, 9.17) is 0 Å². The number of rotatable bonds is 4. The average molecular weight is 312 g/mol. The number of likely N-dealkylation sites (tertiary alicyclic amines) is 1. The van der Waals surface area contributed by atoms with E-state index in [1.807, 2.05) is 29.2 Å². The molecule has 4 nitrogen and oxygen atoms in total. The first-order valence-electron chi connectivity index (χ1n) is 8.55. The summed E-state index contributed by atoms with van der Waals surface area (Å²) in [5, 5.41) is 2.98. The second-order valence-corrected chi connectivity index (χ2v) is 6.43. The molecule has 1 aliphatic heterocycles. The molecule has 0 spiro atoms. The molecule has 0 bridgehead atoms. The fraction of sp³-hybridized carbons (Fsp3) is 0.474. The van der Waals surface area contributed by atoms with E-state index in [0.717, 1.165) is 56.4 Å². The Hall–Kier alpha value is -2.10. The van der Waals surface area contributed by atoms with Crippen LogP contribution >= 0.6 is 0 Å². The predicted octanol–water partition coefficient (Wildman–Crippen LogP) is 3.15. The van der Waals surface area contributed by atoms with E-state index >= 15 is 0 Å². The van der Waals surface area contributed by atoms with E-state index in [0.29, 0.717) is 6.42 Å². The maximum atomic E-state index is 12.2. The highest BCUT2D eigenvalue weighted by Crippen LogP contribution is 2.20. The number of anilines is 1. The van der Waals surface area contributed by atoms with Crippen molar-refractivity contribution in [3.8, 4) is 0 Å². The second kappa shape index (κ2) is 7.44. The maximum absolute atomic E-state index is 12.2. The van der Waals surface area contributed by atoms with Gasteiger partial charge in [-0.15, -0.1) is 0 Å². The van der Waals surface area contributed by atoms with Crippen LogP contribution in [0.15, 0.2) is 36.4 Å². The minimum atomic E-state index is 0.0800. The van der Waals surface area contributed by atoms with E-state index in [9.17, 15) is 9.59 Å². The van der Waals surface area contributed by atoms with Crippen molar-refractivity contribution >= 4 is 17.5 Å². The predicted molar refractivity (Wildman–Crippen MR) is 91.1 cm³/mol. The number of allylic oxidation sites excluding steroid dienone is 2. The number of amides is 2. The zero-order chi connectivity index (χ0) is 16.1. The van der Waals surface area contributed by atoms with E-state index in [1.165, 1.54) is 0 Å². The SMILES string of the molecule is O=C(Nc1ccc(CC(=O)N2CCCC2)cc1)[C@@H]1CC=CCC1. The molecule has 1 aromatic carbocycles. The average Bonchev–Trinajstić information content (AvgIpc) is 3.12. The molecule has 2 aliphatic rings. The van der Waals surface area contributed by atoms with Crippen molar-refractivity contribution in [2.45, 2.75) is 38.5 Å². The minimum absolute atomic E-state index is 0.0800. The lowest BCUT2D eigenvalue weighted by Crippen LogP contribution is -2.29. The van der Waals surface area contributed by atoms with Crippen LogP contribution in [0, 0.1) is 5.92 Å². The smallest absolute Gasteiger partial charge is 0.227 e. The fourth-order valence-corrected chi connectivity index (χ4v) is 3.23. The molecule has 0 aromatic heterocycles. The summed E-state index contributed by atoms with van der Waals surface area (Å²) in [6.45, 7) is 1.78. The third-order valence-electron chi connectivity index (χ3n) is 4.68. The van der Waals surface area contributed by atoms with Crippen molar-refractivity contribution in [3.05, 3.63) is 42.0 Å². The van der Waals surface area contributed by atoms with Crippen molar-refractivity contribution in [2.75, 3.05) is 18.4 Å². The van der Waals surface area contributed by atoms with Crippen LogP contribution in [0.3, 0.4) is 0 Å². The first kappa shape index (κ1) is 15.8. The molecule has 1 fully saturated rings. The summed E-state index contributed by atoms with van der Waals surface area (Å²) in [6, 6.07) is 7.65. The number of carbonyl (C=O) groups excluding carboxylic acids is 2. The molecule has 0 radical (unpaired) electrons. The first-order chi connectivity index (χ1) is 11.2. The fourth-order valence-electron chi connectivity index (χ4n) is 3.23. The van der Waals surface area contributed by atoms with Crippen molar-refractivity contribution in [3.63, 3.8) is 0 Å². The van der Waals surface area contributed by atoms with Gasteiger partial charge in [-0.2, -0.15) is 0 Å². The summed E-state index contributed by atoms with van der Waals surface area (Å²) in [4.78, 5) is 26.3. The van der Waals surface area contributed by atoms with Gasteiger partial charge in [-0.05, 0) is 49.8 Å². The quantitative estimate of drug-likeness (QED) is 0.868. The van der Waals surface area contributed by atoms with E-state index in [-0.39, 0.29) is 17.7 Å². The lowest BCUT2D eigenvalue weighted by atomic mass is 9.93. The van der Waals surface area contributed by atoms with Crippen molar-refractivity contribution < 1.29 is 9.59 Å². The largest absolute Gasteiger partial charge is 0.342 e. The van der Waals surface area contributed by atoms with E-state index in [1.54, 1.807) is 0 Å². The third kappa shape index (κ3) is 4.21. The van der Waals surface area contributed by atoms with Gasteiger partial charge in [-0.25, -0.2) is 0 Å². The van der Waals surface area contributed by atoms with Gasteiger partial charge in [0.05, 0.1) is 6.42 Å². The number of nitrogens with one attached hydrogen (secondary N) is 1. The summed E-state index contributed by atoms with van der Waals surface area (Å²) < 4.78 is 0. The lowest BCUT2D eigenvalue weighted by molar-refractivity contribution is -0.129. The second-order valence-electron chi connectivity index (χ2n) is 6.43. The Morgan fingerprint density at radius 2 is 1.83 bits per heavy atom. The highest BCUT2D eigenvalue weighted by molar-refractivity contribution is 5.92. The van der Waals surface area contributed by atoms with Gasteiger partial charge in [-0.3, -0.25) is 9.59 Å². The summed E-state index contributed by atoms with van der Waals surface area (Å²) in [5.74, 6) is 0.375. The normalized spacial score (nSPS) is 20.5. The molecule has 1 aliphatic carbocycles. The number of carbonyl (C=O) groups is 2. The molecule has 1 atom stereocenters. The molecule has 0 saturated carbocycles. The molecular weight excluding hydrogens is 288 g/mol. The molecule has 0 unspecified atom stereocenters. The molecule has 1 N–H and O–H groups in total. The summed E-state index contributed by atoms with van der Waals surface area (Å²) in [7, 11) is 0. The molecule has 3 rings (SSSR count). The van der Waals surface area contributed by atoms with Crippen LogP contribution in [0.4, 0.5) is 5.69 Å². The van der Waals surface area contributed by atoms with E-state index in [2.05, 4.69) is 17.5 Å². The molecule has 1 aromatic rings. The molecule has 1 heterocycles. The van der Waals surface area contributed by atoms with Crippen LogP contribution in [0.2, 0.25) is 0 Å². The van der Waals surface area contributed by atoms with Crippen LogP contribution in [-0.2, 0) is 16.0 Å². The maximum Gasteiger partial charge on any atom is 0.227 e. The summed E-state index contributed by atoms with van der Waals surface area (Å²) >= 11 is 0. The Balaban J connectivity index is 1.53. The molecular formula is C19H24N2O2. The Bertz CT molecular complexity index is 586. The minimum Gasteiger partial charge on any atom is -0.342 e. The Morgan fingerprint density at radius 1 is 1.09 bits per heavy atom. The van der Waals surface area contributed by atoms with Gasteiger partial charge in [-0.1, -0.05) is 24.3 Å². The highest BCUT2D eigenvalue weighted by Gasteiger charge is 2.19. The Labute approximate surface area is 137 Å².